The van der Waals surface area contributed by atoms with Gasteiger partial charge in [-0.25, -0.2) is 0 Å². The van der Waals surface area contributed by atoms with Gasteiger partial charge in [0.15, 0.2) is 5.84 Å². The SMILES string of the molecule is CC(C)c1cc(C(=N)N(C(=N)C(=O)NCC(F)(F)F)C2CCC(N3CCN(C)CC3)CC2)c(O)cc1O. The minimum absolute atomic E-state index is 0.00365. The molecule has 9 nitrogen and oxygen atoms in total. The molecule has 37 heavy (non-hydrogen) atoms. The number of carbonyl (C=O) groups is 1. The third-order valence-electron chi connectivity index (χ3n) is 7.25. The third kappa shape index (κ3) is 7.13. The van der Waals surface area contributed by atoms with E-state index in [4.69, 9.17) is 10.8 Å². The van der Waals surface area contributed by atoms with E-state index < -0.39 is 36.3 Å². The maximum Gasteiger partial charge on any atom is 0.405 e. The molecule has 0 radical (unpaired) electrons. The largest absolute Gasteiger partial charge is 0.508 e. The standard InChI is InChI=1S/C25H37F3N6O3/c1-15(2)18-12-19(21(36)13-20(18)35)22(29)34(23(30)24(37)31-14-25(26,27)28)17-6-4-16(5-7-17)33-10-8-32(3)9-11-33/h12-13,15-17,29-30,35-36H,4-11,14H2,1-3H3,(H,31,37). The van der Waals surface area contributed by atoms with Crippen LogP contribution in [-0.4, -0.2) is 101 Å². The van der Waals surface area contributed by atoms with E-state index >= 15 is 0 Å². The molecule has 1 saturated heterocycles. The summed E-state index contributed by atoms with van der Waals surface area (Å²) in [5.74, 6) is -3.10. The van der Waals surface area contributed by atoms with Gasteiger partial charge < -0.3 is 25.3 Å². The number of nitrogens with one attached hydrogen (secondary N) is 3. The fourth-order valence-electron chi connectivity index (χ4n) is 5.10. The molecule has 2 aliphatic rings. The summed E-state index contributed by atoms with van der Waals surface area (Å²) in [6.45, 7) is 5.89. The number of carbonyl (C=O) groups excluding carboxylic acids is 1. The first kappa shape index (κ1) is 28.7. The summed E-state index contributed by atoms with van der Waals surface area (Å²) in [5, 5.41) is 39.7. The zero-order valence-corrected chi connectivity index (χ0v) is 21.5. The quantitative estimate of drug-likeness (QED) is 0.297. The Hall–Kier alpha value is -2.86. The number of nitrogens with zero attached hydrogens (tertiary/aromatic N) is 3. The molecular formula is C25H37F3N6O3. The van der Waals surface area contributed by atoms with Crippen LogP contribution in [0.5, 0.6) is 11.5 Å². The molecule has 1 aliphatic carbocycles. The average Bonchev–Trinajstić information content (AvgIpc) is 2.82. The predicted molar refractivity (Wildman–Crippen MR) is 134 cm³/mol. The van der Waals surface area contributed by atoms with Crippen molar-refractivity contribution in [1.82, 2.24) is 20.0 Å². The van der Waals surface area contributed by atoms with Gasteiger partial charge in [-0.3, -0.25) is 20.5 Å². The molecule has 1 aromatic carbocycles. The lowest BCUT2D eigenvalue weighted by atomic mass is 9.88. The van der Waals surface area contributed by atoms with E-state index in [0.29, 0.717) is 24.4 Å². The number of halogens is 3. The molecular weight excluding hydrogens is 489 g/mol. The Balaban J connectivity index is 1.85. The van der Waals surface area contributed by atoms with Gasteiger partial charge in [0.05, 0.1) is 5.56 Å². The van der Waals surface area contributed by atoms with Gasteiger partial charge in [-0.15, -0.1) is 0 Å². The molecule has 1 saturated carbocycles. The van der Waals surface area contributed by atoms with Crippen LogP contribution in [0.3, 0.4) is 0 Å². The third-order valence-corrected chi connectivity index (χ3v) is 7.25. The molecule has 1 aromatic rings. The molecule has 0 unspecified atom stereocenters. The van der Waals surface area contributed by atoms with Crippen molar-refractivity contribution in [1.29, 1.82) is 10.8 Å². The van der Waals surface area contributed by atoms with Crippen molar-refractivity contribution in [3.05, 3.63) is 23.3 Å². The molecule has 1 amide bonds. The van der Waals surface area contributed by atoms with Crippen molar-refractivity contribution >= 4 is 17.6 Å². The molecule has 2 fully saturated rings. The van der Waals surface area contributed by atoms with Crippen molar-refractivity contribution in [3.8, 4) is 11.5 Å². The van der Waals surface area contributed by atoms with Crippen LogP contribution in [0.15, 0.2) is 12.1 Å². The Morgan fingerprint density at radius 3 is 2.22 bits per heavy atom. The highest BCUT2D eigenvalue weighted by molar-refractivity contribution is 6.40. The molecule has 0 bridgehead atoms. The number of alkyl halides is 3. The fourth-order valence-corrected chi connectivity index (χ4v) is 5.10. The number of likely N-dealkylation sites (N-methyl/N-ethyl adjacent to an activating group) is 1. The molecule has 5 N–H and O–H groups in total. The number of hydrogen-bond donors (Lipinski definition) is 5. The number of rotatable bonds is 5. The summed E-state index contributed by atoms with van der Waals surface area (Å²) in [5.41, 5.74) is 0.459. The minimum atomic E-state index is -4.64. The second-order valence-corrected chi connectivity index (χ2v) is 10.2. The second-order valence-electron chi connectivity index (χ2n) is 10.2. The van der Waals surface area contributed by atoms with E-state index in [9.17, 15) is 28.2 Å². The molecule has 3 rings (SSSR count). The number of benzene rings is 1. The Morgan fingerprint density at radius 1 is 1.08 bits per heavy atom. The summed E-state index contributed by atoms with van der Waals surface area (Å²) in [4.78, 5) is 18.4. The van der Waals surface area contributed by atoms with Crippen molar-refractivity contribution in [2.75, 3.05) is 39.8 Å². The van der Waals surface area contributed by atoms with Gasteiger partial charge >= 0.3 is 6.18 Å². The molecule has 12 heteroatoms. The molecule has 0 aromatic heterocycles. The van der Waals surface area contributed by atoms with Gasteiger partial charge in [-0.1, -0.05) is 13.8 Å². The lowest BCUT2D eigenvalue weighted by Crippen LogP contribution is -2.55. The first-order chi connectivity index (χ1) is 17.3. The Kier molecular flexibility index (Phi) is 9.06. The number of aromatic hydroxyl groups is 2. The highest BCUT2D eigenvalue weighted by Gasteiger charge is 2.37. The first-order valence-corrected chi connectivity index (χ1v) is 12.6. The molecule has 0 atom stereocenters. The fraction of sp³-hybridized carbons (Fsp3) is 0.640. The van der Waals surface area contributed by atoms with Gasteiger partial charge in [-0.2, -0.15) is 13.2 Å². The highest BCUT2D eigenvalue weighted by Crippen LogP contribution is 2.35. The van der Waals surface area contributed by atoms with E-state index in [-0.39, 0.29) is 23.1 Å². The lowest BCUT2D eigenvalue weighted by molar-refractivity contribution is -0.135. The van der Waals surface area contributed by atoms with Crippen LogP contribution in [0.2, 0.25) is 0 Å². The zero-order valence-electron chi connectivity index (χ0n) is 21.5. The lowest BCUT2D eigenvalue weighted by Gasteiger charge is -2.43. The maximum absolute atomic E-state index is 12.7. The van der Waals surface area contributed by atoms with Gasteiger partial charge in [0, 0.05) is 44.3 Å². The summed E-state index contributed by atoms with van der Waals surface area (Å²) in [7, 11) is 2.08. The van der Waals surface area contributed by atoms with Crippen LogP contribution in [0, 0.1) is 10.8 Å². The van der Waals surface area contributed by atoms with Gasteiger partial charge in [0.2, 0.25) is 0 Å². The number of amidine groups is 2. The van der Waals surface area contributed by atoms with Crippen molar-refractivity contribution in [3.63, 3.8) is 0 Å². The predicted octanol–water partition coefficient (Wildman–Crippen LogP) is 3.06. The van der Waals surface area contributed by atoms with Crippen LogP contribution in [-0.2, 0) is 4.79 Å². The van der Waals surface area contributed by atoms with Gasteiger partial charge in [0.1, 0.15) is 23.9 Å². The van der Waals surface area contributed by atoms with Crippen molar-refractivity contribution < 1.29 is 28.2 Å². The van der Waals surface area contributed by atoms with Crippen molar-refractivity contribution in [2.24, 2.45) is 0 Å². The number of piperazine rings is 1. The Morgan fingerprint density at radius 2 is 1.68 bits per heavy atom. The summed E-state index contributed by atoms with van der Waals surface area (Å²) >= 11 is 0. The topological polar surface area (TPSA) is 127 Å². The van der Waals surface area contributed by atoms with E-state index in [1.54, 1.807) is 5.32 Å². The van der Waals surface area contributed by atoms with E-state index in [2.05, 4.69) is 16.8 Å². The first-order valence-electron chi connectivity index (χ1n) is 12.6. The summed E-state index contributed by atoms with van der Waals surface area (Å²) < 4.78 is 38.1. The minimum Gasteiger partial charge on any atom is -0.508 e. The van der Waals surface area contributed by atoms with E-state index in [0.717, 1.165) is 50.0 Å². The van der Waals surface area contributed by atoms with E-state index in [1.807, 2.05) is 13.8 Å². The second kappa shape index (κ2) is 11.7. The number of amides is 1. The van der Waals surface area contributed by atoms with Gasteiger partial charge in [-0.05, 0) is 50.3 Å². The Labute approximate surface area is 215 Å². The van der Waals surface area contributed by atoms with Crippen LogP contribution in [0.1, 0.15) is 56.6 Å². The molecule has 206 valence electrons. The molecule has 1 heterocycles. The maximum atomic E-state index is 12.7. The van der Waals surface area contributed by atoms with Crippen LogP contribution < -0.4 is 5.32 Å². The molecule has 1 aliphatic heterocycles. The normalized spacial score (nSPS) is 21.6. The van der Waals surface area contributed by atoms with Crippen LogP contribution >= 0.6 is 0 Å². The van der Waals surface area contributed by atoms with Crippen LogP contribution in [0.25, 0.3) is 0 Å². The molecule has 0 spiro atoms. The van der Waals surface area contributed by atoms with Gasteiger partial charge in [0.25, 0.3) is 5.91 Å². The highest BCUT2D eigenvalue weighted by atomic mass is 19.4. The summed E-state index contributed by atoms with van der Waals surface area (Å²) in [6, 6.07) is 2.39. The number of phenolic OH excluding ortho intramolecular Hbond substituents is 2. The average molecular weight is 527 g/mol. The summed E-state index contributed by atoms with van der Waals surface area (Å²) in [6.07, 6.45) is -2.06. The number of phenols is 2. The Bertz CT molecular complexity index is 1000. The smallest absolute Gasteiger partial charge is 0.405 e. The zero-order chi connectivity index (χ0) is 27.5. The van der Waals surface area contributed by atoms with E-state index in [1.165, 1.54) is 6.07 Å². The monoisotopic (exact) mass is 526 g/mol. The number of hydrogen-bond acceptors (Lipinski definition) is 7. The van der Waals surface area contributed by atoms with Crippen molar-refractivity contribution in [2.45, 2.75) is 63.7 Å². The van der Waals surface area contributed by atoms with Crippen LogP contribution in [0.4, 0.5) is 13.2 Å².